The molecular weight excluding hydrogens is 342 g/mol. The number of amides is 1. The topological polar surface area (TPSA) is 63.5 Å². The molecule has 0 bridgehead atoms. The maximum atomic E-state index is 12.5. The molecule has 146 valence electrons. The van der Waals surface area contributed by atoms with Crippen LogP contribution in [0, 0.1) is 0 Å². The van der Waals surface area contributed by atoms with Crippen molar-refractivity contribution in [2.45, 2.75) is 25.3 Å². The third-order valence-corrected chi connectivity index (χ3v) is 5.15. The van der Waals surface area contributed by atoms with E-state index in [1.165, 1.54) is 5.56 Å². The van der Waals surface area contributed by atoms with Crippen molar-refractivity contribution >= 4 is 5.91 Å². The van der Waals surface area contributed by atoms with Crippen LogP contribution >= 0.6 is 0 Å². The Hall–Kier alpha value is -2.25. The van der Waals surface area contributed by atoms with Gasteiger partial charge in [-0.25, -0.2) is 4.98 Å². The van der Waals surface area contributed by atoms with Gasteiger partial charge in [0.15, 0.2) is 0 Å². The lowest BCUT2D eigenvalue weighted by Gasteiger charge is -2.33. The number of hydrogen-bond acceptors (Lipinski definition) is 5. The number of aromatic nitrogens is 3. The largest absolute Gasteiger partial charge is 0.383 e. The van der Waals surface area contributed by atoms with E-state index in [1.54, 1.807) is 7.11 Å². The van der Waals surface area contributed by atoms with Crippen LogP contribution < -0.4 is 0 Å². The molecule has 0 radical (unpaired) electrons. The van der Waals surface area contributed by atoms with Gasteiger partial charge in [0.25, 0.3) is 0 Å². The second kappa shape index (κ2) is 9.62. The summed E-state index contributed by atoms with van der Waals surface area (Å²) < 4.78 is 7.29. The first-order valence-electron chi connectivity index (χ1n) is 9.52. The summed E-state index contributed by atoms with van der Waals surface area (Å²) in [4.78, 5) is 25.2. The number of carbonyl (C=O) groups excluding carboxylic acids is 1. The number of nitrogens with zero attached hydrogens (tertiary/aromatic N) is 5. The summed E-state index contributed by atoms with van der Waals surface area (Å²) in [6.07, 6.45) is 9.47. The number of imidazole rings is 1. The number of methoxy groups -OCH3 is 1. The van der Waals surface area contributed by atoms with Crippen LogP contribution in [0.2, 0.25) is 0 Å². The Balaban J connectivity index is 1.52. The minimum Gasteiger partial charge on any atom is -0.383 e. The van der Waals surface area contributed by atoms with Crippen molar-refractivity contribution in [1.29, 1.82) is 0 Å². The first kappa shape index (κ1) is 19.5. The summed E-state index contributed by atoms with van der Waals surface area (Å²) in [5.74, 6) is 1.72. The highest BCUT2D eigenvalue weighted by atomic mass is 16.5. The Morgan fingerprint density at radius 1 is 1.26 bits per heavy atom. The van der Waals surface area contributed by atoms with E-state index in [4.69, 9.17) is 4.74 Å². The van der Waals surface area contributed by atoms with E-state index in [2.05, 4.69) is 14.5 Å². The summed E-state index contributed by atoms with van der Waals surface area (Å²) in [6.45, 7) is 4.26. The second-order valence-corrected chi connectivity index (χ2v) is 7.15. The van der Waals surface area contributed by atoms with Gasteiger partial charge in [-0.3, -0.25) is 14.7 Å². The monoisotopic (exact) mass is 371 g/mol. The lowest BCUT2D eigenvalue weighted by molar-refractivity contribution is -0.133. The molecule has 27 heavy (non-hydrogen) atoms. The summed E-state index contributed by atoms with van der Waals surface area (Å²) in [6, 6.07) is 4.07. The predicted molar refractivity (Wildman–Crippen MR) is 103 cm³/mol. The molecule has 7 nitrogen and oxygen atoms in total. The molecule has 3 rings (SSSR count). The van der Waals surface area contributed by atoms with E-state index >= 15 is 0 Å². The van der Waals surface area contributed by atoms with Crippen molar-refractivity contribution in [2.24, 2.45) is 0 Å². The molecule has 1 amide bonds. The first-order valence-corrected chi connectivity index (χ1v) is 9.52. The highest BCUT2D eigenvalue weighted by molar-refractivity contribution is 5.78. The minimum atomic E-state index is 0.201. The van der Waals surface area contributed by atoms with Crippen LogP contribution in [0.25, 0.3) is 0 Å². The fourth-order valence-electron chi connectivity index (χ4n) is 3.54. The number of likely N-dealkylation sites (tertiary alicyclic amines) is 1. The highest BCUT2D eigenvalue weighted by Gasteiger charge is 2.26. The molecule has 7 heteroatoms. The molecule has 1 fully saturated rings. The molecule has 1 saturated heterocycles. The molecular formula is C20H29N5O2. The molecule has 0 aromatic carbocycles. The van der Waals surface area contributed by atoms with Gasteiger partial charge in [0, 0.05) is 64.0 Å². The van der Waals surface area contributed by atoms with Crippen molar-refractivity contribution in [2.75, 3.05) is 46.9 Å². The molecule has 3 heterocycles. The van der Waals surface area contributed by atoms with Crippen molar-refractivity contribution in [1.82, 2.24) is 24.3 Å². The quantitative estimate of drug-likeness (QED) is 0.705. The molecule has 2 aromatic rings. The summed E-state index contributed by atoms with van der Waals surface area (Å²) >= 11 is 0. The van der Waals surface area contributed by atoms with Gasteiger partial charge in [0.1, 0.15) is 5.82 Å². The maximum absolute atomic E-state index is 12.5. The standard InChI is InChI=1S/C20H29N5O2/c1-23(13-14-27-2)16-19(26)24-10-5-18(6-11-24)20-22-9-12-25(20)15-17-3-7-21-8-4-17/h3-4,7-9,12,18H,5-6,10-11,13-16H2,1-2H3. The minimum absolute atomic E-state index is 0.201. The summed E-state index contributed by atoms with van der Waals surface area (Å²) in [7, 11) is 3.64. The van der Waals surface area contributed by atoms with E-state index in [1.807, 2.05) is 53.8 Å². The smallest absolute Gasteiger partial charge is 0.236 e. The molecule has 1 aliphatic rings. The summed E-state index contributed by atoms with van der Waals surface area (Å²) in [5, 5.41) is 0. The number of carbonyl (C=O) groups is 1. The lowest BCUT2D eigenvalue weighted by Crippen LogP contribution is -2.43. The van der Waals surface area contributed by atoms with Gasteiger partial charge in [-0.1, -0.05) is 0 Å². The Bertz CT molecular complexity index is 710. The van der Waals surface area contributed by atoms with Crippen LogP contribution in [0.15, 0.2) is 36.9 Å². The molecule has 0 spiro atoms. The highest BCUT2D eigenvalue weighted by Crippen LogP contribution is 2.27. The number of likely N-dealkylation sites (N-methyl/N-ethyl adjacent to an activating group) is 1. The van der Waals surface area contributed by atoms with Crippen molar-refractivity contribution in [3.05, 3.63) is 48.3 Å². The van der Waals surface area contributed by atoms with Gasteiger partial charge in [-0.05, 0) is 37.6 Å². The van der Waals surface area contributed by atoms with Gasteiger partial charge in [0.05, 0.1) is 13.2 Å². The van der Waals surface area contributed by atoms with Gasteiger partial charge in [-0.2, -0.15) is 0 Å². The molecule has 0 aliphatic carbocycles. The number of hydrogen-bond donors (Lipinski definition) is 0. The molecule has 2 aromatic heterocycles. The summed E-state index contributed by atoms with van der Waals surface area (Å²) in [5.41, 5.74) is 1.22. The molecule has 0 atom stereocenters. The zero-order chi connectivity index (χ0) is 19.1. The van der Waals surface area contributed by atoms with Crippen LogP contribution in [0.5, 0.6) is 0 Å². The van der Waals surface area contributed by atoms with Crippen LogP contribution in [0.1, 0.15) is 30.1 Å². The van der Waals surface area contributed by atoms with Gasteiger partial charge >= 0.3 is 0 Å². The molecule has 1 aliphatic heterocycles. The number of rotatable bonds is 8. The zero-order valence-corrected chi connectivity index (χ0v) is 16.3. The predicted octanol–water partition coefficient (Wildman–Crippen LogP) is 1.61. The SMILES string of the molecule is COCCN(C)CC(=O)N1CCC(c2nccn2Cc2ccncc2)CC1. The van der Waals surface area contributed by atoms with E-state index < -0.39 is 0 Å². The van der Waals surface area contributed by atoms with E-state index in [0.29, 0.717) is 19.1 Å². The van der Waals surface area contributed by atoms with Crippen molar-refractivity contribution in [3.63, 3.8) is 0 Å². The van der Waals surface area contributed by atoms with Crippen LogP contribution in [0.4, 0.5) is 0 Å². The Labute approximate surface area is 161 Å². The fourth-order valence-corrected chi connectivity index (χ4v) is 3.54. The number of ether oxygens (including phenoxy) is 1. The van der Waals surface area contributed by atoms with Gasteiger partial charge in [0.2, 0.25) is 5.91 Å². The van der Waals surface area contributed by atoms with Gasteiger partial charge in [-0.15, -0.1) is 0 Å². The van der Waals surface area contributed by atoms with E-state index in [0.717, 1.165) is 44.8 Å². The van der Waals surface area contributed by atoms with Crippen LogP contribution in [-0.2, 0) is 16.1 Å². The first-order chi connectivity index (χ1) is 13.2. The number of pyridine rings is 1. The average Bonchev–Trinajstić information content (AvgIpc) is 3.15. The van der Waals surface area contributed by atoms with E-state index in [-0.39, 0.29) is 5.91 Å². The average molecular weight is 371 g/mol. The second-order valence-electron chi connectivity index (χ2n) is 7.15. The fraction of sp³-hybridized carbons (Fsp3) is 0.550. The third-order valence-electron chi connectivity index (χ3n) is 5.15. The Morgan fingerprint density at radius 2 is 2.00 bits per heavy atom. The Kier molecular flexibility index (Phi) is 6.95. The zero-order valence-electron chi connectivity index (χ0n) is 16.3. The van der Waals surface area contributed by atoms with Gasteiger partial charge < -0.3 is 14.2 Å². The lowest BCUT2D eigenvalue weighted by atomic mass is 9.95. The van der Waals surface area contributed by atoms with Crippen LogP contribution in [-0.4, -0.2) is 77.2 Å². The van der Waals surface area contributed by atoms with Crippen molar-refractivity contribution in [3.8, 4) is 0 Å². The van der Waals surface area contributed by atoms with Crippen molar-refractivity contribution < 1.29 is 9.53 Å². The normalized spacial score (nSPS) is 15.4. The Morgan fingerprint density at radius 3 is 2.70 bits per heavy atom. The van der Waals surface area contributed by atoms with E-state index in [9.17, 15) is 4.79 Å². The number of piperidine rings is 1. The third kappa shape index (κ3) is 5.37. The molecule has 0 N–H and O–H groups in total. The molecule has 0 unspecified atom stereocenters. The maximum Gasteiger partial charge on any atom is 0.236 e. The van der Waals surface area contributed by atoms with Crippen LogP contribution in [0.3, 0.4) is 0 Å². The molecule has 0 saturated carbocycles.